The lowest BCUT2D eigenvalue weighted by Crippen LogP contribution is -2.35. The molecule has 8 nitrogen and oxygen atoms in total. The fourth-order valence-corrected chi connectivity index (χ4v) is 7.98. The maximum absolute atomic E-state index is 13.7. The fourth-order valence-electron chi connectivity index (χ4n) is 2.43. The molecule has 0 aromatic carbocycles. The lowest BCUT2D eigenvalue weighted by Gasteiger charge is -2.37. The van der Waals surface area contributed by atoms with Crippen molar-refractivity contribution in [2.75, 3.05) is 31.8 Å². The monoisotopic (exact) mass is 408 g/mol. The highest BCUT2D eigenvalue weighted by atomic mass is 31.2. The van der Waals surface area contributed by atoms with Gasteiger partial charge in [0.2, 0.25) is 5.52 Å². The molecule has 2 unspecified atom stereocenters. The normalized spacial score (nSPS) is 15.7. The minimum Gasteiger partial charge on any atom is -0.335 e. The van der Waals surface area contributed by atoms with Crippen molar-refractivity contribution in [2.24, 2.45) is 0 Å². The van der Waals surface area contributed by atoms with Gasteiger partial charge < -0.3 is 23.0 Å². The molecule has 1 heterocycles. The van der Waals surface area contributed by atoms with Gasteiger partial charge in [-0.05, 0) is 46.8 Å². The van der Waals surface area contributed by atoms with Crippen LogP contribution < -0.4 is 4.90 Å². The van der Waals surface area contributed by atoms with Crippen LogP contribution in [-0.4, -0.2) is 43.5 Å². The molecule has 0 saturated heterocycles. The summed E-state index contributed by atoms with van der Waals surface area (Å²) in [6.45, 7) is 8.91. The highest BCUT2D eigenvalue weighted by molar-refractivity contribution is 7.73. The predicted octanol–water partition coefficient (Wildman–Crippen LogP) is 4.72. The van der Waals surface area contributed by atoms with E-state index in [9.17, 15) is 9.13 Å². The van der Waals surface area contributed by atoms with Crippen molar-refractivity contribution in [3.8, 4) is 0 Å². The van der Waals surface area contributed by atoms with Gasteiger partial charge in [0, 0.05) is 13.2 Å². The summed E-state index contributed by atoms with van der Waals surface area (Å²) < 4.78 is 49.4. The Bertz CT molecular complexity index is 618. The van der Waals surface area contributed by atoms with Crippen LogP contribution in [0.15, 0.2) is 24.4 Å². The number of hydrogen-bond donors (Lipinski definition) is 0. The molecule has 0 N–H and O–H groups in total. The van der Waals surface area contributed by atoms with Crippen LogP contribution in [0.3, 0.4) is 0 Å². The van der Waals surface area contributed by atoms with E-state index in [2.05, 4.69) is 4.98 Å². The predicted molar refractivity (Wildman–Crippen MR) is 103 cm³/mol. The first-order valence-electron chi connectivity index (χ1n) is 8.69. The van der Waals surface area contributed by atoms with Crippen LogP contribution in [0.25, 0.3) is 0 Å². The molecule has 0 saturated carbocycles. The Morgan fingerprint density at radius 3 is 1.96 bits per heavy atom. The standard InChI is InChI=1S/C16H30N2O6P2/c1-7-21-25(19,22-8-2)16(18(6)15-12-10-11-13-17-15)26(20,23-9-3)24-14(4)5/h10-14,16H,7-9H2,1-6H3. The molecule has 2 atom stereocenters. The largest absolute Gasteiger partial charge is 0.365 e. The Morgan fingerprint density at radius 1 is 1.00 bits per heavy atom. The molecule has 1 rings (SSSR count). The third kappa shape index (κ3) is 5.88. The van der Waals surface area contributed by atoms with E-state index in [1.165, 1.54) is 4.90 Å². The van der Waals surface area contributed by atoms with Crippen LogP contribution in [0, 0.1) is 0 Å². The quantitative estimate of drug-likeness (QED) is 0.459. The van der Waals surface area contributed by atoms with Crippen LogP contribution >= 0.6 is 15.2 Å². The van der Waals surface area contributed by atoms with Gasteiger partial charge in [-0.1, -0.05) is 6.07 Å². The van der Waals surface area contributed by atoms with Gasteiger partial charge in [-0.25, -0.2) is 4.98 Å². The van der Waals surface area contributed by atoms with Gasteiger partial charge in [0.15, 0.2) is 0 Å². The van der Waals surface area contributed by atoms with Gasteiger partial charge in [-0.3, -0.25) is 9.13 Å². The molecule has 1 aromatic rings. The molecule has 0 aliphatic heterocycles. The van der Waals surface area contributed by atoms with Crippen molar-refractivity contribution in [3.63, 3.8) is 0 Å². The molecule has 0 spiro atoms. The minimum absolute atomic E-state index is 0.120. The zero-order valence-electron chi connectivity index (χ0n) is 16.3. The van der Waals surface area contributed by atoms with Crippen LogP contribution in [0.5, 0.6) is 0 Å². The van der Waals surface area contributed by atoms with E-state index in [1.807, 2.05) is 0 Å². The van der Waals surface area contributed by atoms with Crippen molar-refractivity contribution < 1.29 is 27.2 Å². The molecule has 1 aromatic heterocycles. The highest BCUT2D eigenvalue weighted by Gasteiger charge is 2.54. The summed E-state index contributed by atoms with van der Waals surface area (Å²) in [6.07, 6.45) is 1.17. The van der Waals surface area contributed by atoms with Crippen molar-refractivity contribution in [3.05, 3.63) is 24.4 Å². The Hall–Kier alpha value is -0.750. The maximum Gasteiger partial charge on any atom is 0.365 e. The van der Waals surface area contributed by atoms with Gasteiger partial charge in [0.25, 0.3) is 0 Å². The van der Waals surface area contributed by atoms with Gasteiger partial charge >= 0.3 is 15.2 Å². The van der Waals surface area contributed by atoms with Crippen molar-refractivity contribution in [1.82, 2.24) is 4.98 Å². The molecule has 0 bridgehead atoms. The summed E-state index contributed by atoms with van der Waals surface area (Å²) in [5.41, 5.74) is -1.29. The molecule has 10 heteroatoms. The second-order valence-corrected chi connectivity index (χ2v) is 10.2. The van der Waals surface area contributed by atoms with Crippen molar-refractivity contribution >= 4 is 21.0 Å². The third-order valence-electron chi connectivity index (χ3n) is 3.21. The Morgan fingerprint density at radius 2 is 1.54 bits per heavy atom. The van der Waals surface area contributed by atoms with E-state index in [1.54, 1.807) is 66.1 Å². The number of hydrogen-bond acceptors (Lipinski definition) is 8. The minimum atomic E-state index is -3.92. The molecule has 0 fully saturated rings. The SMILES string of the molecule is CCOP(=O)(OCC)C(N(C)c1ccccn1)P(=O)(OCC)OC(C)C. The molecule has 150 valence electrons. The average Bonchev–Trinajstić information content (AvgIpc) is 2.55. The second-order valence-electron chi connectivity index (χ2n) is 5.63. The first-order valence-corrected chi connectivity index (χ1v) is 11.9. The van der Waals surface area contributed by atoms with E-state index >= 15 is 0 Å². The summed E-state index contributed by atoms with van der Waals surface area (Å²) in [4.78, 5) is 5.74. The molecular weight excluding hydrogens is 378 g/mol. The highest BCUT2D eigenvalue weighted by Crippen LogP contribution is 2.71. The fraction of sp³-hybridized carbons (Fsp3) is 0.688. The Balaban J connectivity index is 3.53. The number of nitrogens with zero attached hydrogens (tertiary/aromatic N) is 2. The molecule has 26 heavy (non-hydrogen) atoms. The lowest BCUT2D eigenvalue weighted by molar-refractivity contribution is 0.163. The zero-order valence-corrected chi connectivity index (χ0v) is 18.1. The summed E-state index contributed by atoms with van der Waals surface area (Å²) in [5.74, 6) is 0.449. The van der Waals surface area contributed by atoms with Crippen molar-refractivity contribution in [1.29, 1.82) is 0 Å². The lowest BCUT2D eigenvalue weighted by atomic mass is 10.4. The van der Waals surface area contributed by atoms with Crippen molar-refractivity contribution in [2.45, 2.75) is 46.2 Å². The van der Waals surface area contributed by atoms with Gasteiger partial charge in [0.1, 0.15) is 5.82 Å². The number of aromatic nitrogens is 1. The first-order chi connectivity index (χ1) is 12.2. The Labute approximate surface area is 156 Å². The molecule has 0 aliphatic carbocycles. The topological polar surface area (TPSA) is 87.2 Å². The number of pyridine rings is 1. The summed E-state index contributed by atoms with van der Waals surface area (Å²) in [5, 5.41) is 0. The zero-order chi connectivity index (χ0) is 19.8. The molecule has 0 aliphatic rings. The maximum atomic E-state index is 13.7. The Kier molecular flexibility index (Phi) is 9.45. The molecular formula is C16H30N2O6P2. The van der Waals surface area contributed by atoms with Crippen LogP contribution in [0.4, 0.5) is 5.82 Å². The average molecular weight is 408 g/mol. The van der Waals surface area contributed by atoms with Gasteiger partial charge in [-0.15, -0.1) is 0 Å². The van der Waals surface area contributed by atoms with E-state index in [0.717, 1.165) is 0 Å². The van der Waals surface area contributed by atoms with E-state index < -0.39 is 26.8 Å². The van der Waals surface area contributed by atoms with Crippen LogP contribution in [0.2, 0.25) is 0 Å². The van der Waals surface area contributed by atoms with Gasteiger partial charge in [-0.2, -0.15) is 0 Å². The second kappa shape index (κ2) is 10.5. The van der Waals surface area contributed by atoms with E-state index in [4.69, 9.17) is 18.1 Å². The van der Waals surface area contributed by atoms with E-state index in [-0.39, 0.29) is 19.8 Å². The first kappa shape index (κ1) is 23.3. The third-order valence-corrected chi connectivity index (χ3v) is 9.30. The number of rotatable bonds is 12. The van der Waals surface area contributed by atoms with Crippen LogP contribution in [0.1, 0.15) is 34.6 Å². The molecule has 0 radical (unpaired) electrons. The summed E-state index contributed by atoms with van der Waals surface area (Å²) >= 11 is 0. The smallest absolute Gasteiger partial charge is 0.335 e. The molecule has 0 amide bonds. The van der Waals surface area contributed by atoms with E-state index in [0.29, 0.717) is 5.82 Å². The summed E-state index contributed by atoms with van der Waals surface area (Å²) in [6, 6.07) is 5.24. The number of anilines is 1. The van der Waals surface area contributed by atoms with Gasteiger partial charge in [0.05, 0.1) is 25.9 Å². The van der Waals surface area contributed by atoms with Crippen LogP contribution in [-0.2, 0) is 27.2 Å². The summed E-state index contributed by atoms with van der Waals surface area (Å²) in [7, 11) is -6.18.